The summed E-state index contributed by atoms with van der Waals surface area (Å²) in [5, 5.41) is 21.8. The molecule has 1 aliphatic rings. The summed E-state index contributed by atoms with van der Waals surface area (Å²) >= 11 is 0. The van der Waals surface area contributed by atoms with Crippen LogP contribution in [0, 0.1) is 0 Å². The summed E-state index contributed by atoms with van der Waals surface area (Å²) in [4.78, 5) is 27.5. The fourth-order valence-electron chi connectivity index (χ4n) is 4.25. The van der Waals surface area contributed by atoms with E-state index in [-0.39, 0.29) is 23.4 Å². The Balaban J connectivity index is 1.20. The van der Waals surface area contributed by atoms with Gasteiger partial charge < -0.3 is 31.4 Å². The summed E-state index contributed by atoms with van der Waals surface area (Å²) in [7, 11) is -4.35. The second-order valence-corrected chi connectivity index (χ2v) is 10.1. The minimum atomic E-state index is -4.35. The molecule has 5 rings (SSSR count). The minimum absolute atomic E-state index is 0.108. The zero-order valence-corrected chi connectivity index (χ0v) is 20.0. The number of ether oxygens (including phenoxy) is 1. The van der Waals surface area contributed by atoms with E-state index in [1.165, 1.54) is 17.2 Å². The molecule has 1 aromatic carbocycles. The van der Waals surface area contributed by atoms with Crippen molar-refractivity contribution in [3.05, 3.63) is 48.7 Å². The number of rotatable bonds is 8. The number of nitrogen functional groups attached to an aromatic ring is 1. The van der Waals surface area contributed by atoms with Gasteiger partial charge in [0.1, 0.15) is 30.2 Å². The van der Waals surface area contributed by atoms with Crippen molar-refractivity contribution in [1.29, 1.82) is 0 Å². The van der Waals surface area contributed by atoms with Gasteiger partial charge in [0.25, 0.3) is 5.91 Å². The summed E-state index contributed by atoms with van der Waals surface area (Å²) in [5.74, 6) is -0.787. The van der Waals surface area contributed by atoms with Crippen molar-refractivity contribution in [3.8, 4) is 0 Å². The fourth-order valence-corrected chi connectivity index (χ4v) is 5.12. The van der Waals surface area contributed by atoms with Crippen molar-refractivity contribution in [2.75, 3.05) is 12.3 Å². The molecule has 16 heteroatoms. The number of nitrogens with two attached hydrogens (primary N) is 2. The Morgan fingerprint density at radius 2 is 2.00 bits per heavy atom. The molecule has 0 bridgehead atoms. The lowest BCUT2D eigenvalue weighted by atomic mass is 10.1. The molecule has 1 saturated heterocycles. The first-order valence-corrected chi connectivity index (χ1v) is 12.7. The average molecular weight is 532 g/mol. The van der Waals surface area contributed by atoms with Crippen LogP contribution in [0.4, 0.5) is 5.82 Å². The van der Waals surface area contributed by atoms with E-state index in [0.29, 0.717) is 0 Å². The number of H-pyrrole nitrogens is 1. The van der Waals surface area contributed by atoms with E-state index in [4.69, 9.17) is 16.2 Å². The lowest BCUT2D eigenvalue weighted by molar-refractivity contribution is -0.120. The van der Waals surface area contributed by atoms with Crippen LogP contribution < -0.4 is 20.9 Å². The van der Waals surface area contributed by atoms with Gasteiger partial charge in [-0.25, -0.2) is 19.7 Å². The Kier molecular flexibility index (Phi) is 6.52. The molecule has 0 radical (unpaired) electrons. The number of aromatic nitrogens is 5. The van der Waals surface area contributed by atoms with Gasteiger partial charge in [-0.2, -0.15) is 13.1 Å². The lowest BCUT2D eigenvalue weighted by Crippen LogP contribution is -2.50. The van der Waals surface area contributed by atoms with Crippen molar-refractivity contribution in [2.24, 2.45) is 5.73 Å². The van der Waals surface area contributed by atoms with Crippen LogP contribution in [0.15, 0.2) is 43.1 Å². The number of aromatic amines is 1. The van der Waals surface area contributed by atoms with E-state index in [9.17, 15) is 23.4 Å². The maximum Gasteiger partial charge on any atom is 0.301 e. The zero-order valence-electron chi connectivity index (χ0n) is 19.2. The summed E-state index contributed by atoms with van der Waals surface area (Å²) in [5.41, 5.74) is 13.9. The van der Waals surface area contributed by atoms with Crippen LogP contribution in [0.5, 0.6) is 0 Å². The first-order valence-electron chi connectivity index (χ1n) is 11.2. The molecule has 0 spiro atoms. The van der Waals surface area contributed by atoms with Crippen molar-refractivity contribution >= 4 is 44.0 Å². The number of imidazole rings is 1. The summed E-state index contributed by atoms with van der Waals surface area (Å²) in [6.45, 7) is -0.446. The van der Waals surface area contributed by atoms with Gasteiger partial charge in [-0.15, -0.1) is 0 Å². The van der Waals surface area contributed by atoms with Gasteiger partial charge in [0.15, 0.2) is 17.7 Å². The number of fused-ring (bicyclic) bond motifs is 2. The van der Waals surface area contributed by atoms with Crippen LogP contribution in [0.3, 0.4) is 0 Å². The maximum atomic E-state index is 12.5. The predicted molar refractivity (Wildman–Crippen MR) is 131 cm³/mol. The third-order valence-electron chi connectivity index (χ3n) is 6.16. The molecular formula is C21H25N9O6S. The number of para-hydroxylation sites is 1. The Bertz CT molecular complexity index is 1550. The molecule has 37 heavy (non-hydrogen) atoms. The molecule has 1 fully saturated rings. The SMILES string of the molecule is Nc1ncnc2c1ncn2[C@@H]1O[C@H](CNS(=O)(=O)NC(=O)[C@@H](N)Cc2c[nH]c3ccccc23)[C@@H](O)[C@H]1O. The first kappa shape index (κ1) is 25.0. The predicted octanol–water partition coefficient (Wildman–Crippen LogP) is -1.97. The largest absolute Gasteiger partial charge is 0.387 e. The number of carbonyl (C=O) groups is 1. The molecule has 15 nitrogen and oxygen atoms in total. The second kappa shape index (κ2) is 9.66. The van der Waals surface area contributed by atoms with Gasteiger partial charge in [0.05, 0.1) is 12.4 Å². The van der Waals surface area contributed by atoms with Crippen molar-refractivity contribution in [1.82, 2.24) is 33.9 Å². The number of aliphatic hydroxyl groups is 2. The average Bonchev–Trinajstić information content (AvgIpc) is 3.55. The van der Waals surface area contributed by atoms with E-state index in [2.05, 4.69) is 24.7 Å². The Labute approximate surface area is 210 Å². The van der Waals surface area contributed by atoms with Crippen molar-refractivity contribution < 1.29 is 28.2 Å². The topological polar surface area (TPSA) is 236 Å². The minimum Gasteiger partial charge on any atom is -0.387 e. The quantitative estimate of drug-likeness (QED) is 0.132. The van der Waals surface area contributed by atoms with Gasteiger partial charge in [0, 0.05) is 23.6 Å². The molecule has 1 aliphatic heterocycles. The number of hydrogen-bond donors (Lipinski definition) is 7. The molecule has 5 atom stereocenters. The third-order valence-corrected chi connectivity index (χ3v) is 7.18. The number of amides is 1. The highest BCUT2D eigenvalue weighted by atomic mass is 32.2. The van der Waals surface area contributed by atoms with Gasteiger partial charge in [0.2, 0.25) is 0 Å². The smallest absolute Gasteiger partial charge is 0.301 e. The summed E-state index contributed by atoms with van der Waals surface area (Å²) < 4.78 is 36.0. The molecule has 1 amide bonds. The fraction of sp³-hybridized carbons (Fsp3) is 0.333. The van der Waals surface area contributed by atoms with Crippen LogP contribution in [0.1, 0.15) is 11.8 Å². The lowest BCUT2D eigenvalue weighted by Gasteiger charge is -2.17. The molecule has 4 aromatic rings. The number of carbonyl (C=O) groups excluding carboxylic acids is 1. The Hall–Kier alpha value is -3.67. The van der Waals surface area contributed by atoms with E-state index in [1.807, 2.05) is 29.0 Å². The molecular weight excluding hydrogens is 506 g/mol. The number of nitrogens with zero attached hydrogens (tertiary/aromatic N) is 4. The highest BCUT2D eigenvalue weighted by Crippen LogP contribution is 2.31. The normalized spacial score (nSPS) is 23.0. The van der Waals surface area contributed by atoms with Crippen LogP contribution >= 0.6 is 0 Å². The van der Waals surface area contributed by atoms with Crippen LogP contribution in [-0.4, -0.2) is 79.9 Å². The molecule has 0 aliphatic carbocycles. The van der Waals surface area contributed by atoms with Crippen molar-refractivity contribution in [3.63, 3.8) is 0 Å². The van der Waals surface area contributed by atoms with Crippen molar-refractivity contribution in [2.45, 2.75) is 37.0 Å². The third kappa shape index (κ3) is 4.85. The van der Waals surface area contributed by atoms with E-state index >= 15 is 0 Å². The van der Waals surface area contributed by atoms with E-state index < -0.39 is 53.2 Å². The zero-order chi connectivity index (χ0) is 26.3. The first-order chi connectivity index (χ1) is 17.6. The molecule has 0 saturated carbocycles. The molecule has 3 aromatic heterocycles. The summed E-state index contributed by atoms with van der Waals surface area (Å²) in [6, 6.07) is 6.31. The molecule has 9 N–H and O–H groups in total. The highest BCUT2D eigenvalue weighted by Gasteiger charge is 2.44. The Morgan fingerprint density at radius 3 is 2.81 bits per heavy atom. The van der Waals surface area contributed by atoms with Gasteiger partial charge >= 0.3 is 10.2 Å². The molecule has 0 unspecified atom stereocenters. The second-order valence-electron chi connectivity index (χ2n) is 8.62. The van der Waals surface area contributed by atoms with E-state index in [1.54, 1.807) is 6.20 Å². The van der Waals surface area contributed by atoms with E-state index in [0.717, 1.165) is 16.5 Å². The standard InChI is InChI=1S/C21H25N9O6S/c22-12(5-10-6-24-13-4-2-1-3-11(10)13)20(33)29-37(34,35)28-7-14-16(31)17(32)21(36-14)30-9-27-15-18(23)25-8-26-19(15)30/h1-4,6,8-9,12,14,16-17,21,24,28,31-32H,5,7,22H2,(H,29,33)(H2,23,25,26)/t12-,14+,16+,17+,21+/m0/s1. The number of nitrogens with one attached hydrogen (secondary N) is 3. The number of anilines is 1. The monoisotopic (exact) mass is 531 g/mol. The van der Waals surface area contributed by atoms with Gasteiger partial charge in [-0.05, 0) is 18.1 Å². The number of hydrogen-bond acceptors (Lipinski definition) is 11. The maximum absolute atomic E-state index is 12.5. The van der Waals surface area contributed by atoms with Crippen LogP contribution in [-0.2, 0) is 26.2 Å². The van der Waals surface area contributed by atoms with Crippen LogP contribution in [0.25, 0.3) is 22.1 Å². The molecule has 4 heterocycles. The summed E-state index contributed by atoms with van der Waals surface area (Å²) in [6.07, 6.45) is -0.799. The number of benzene rings is 1. The highest BCUT2D eigenvalue weighted by molar-refractivity contribution is 7.88. The van der Waals surface area contributed by atoms with Gasteiger partial charge in [-0.1, -0.05) is 18.2 Å². The number of aliphatic hydroxyl groups excluding tert-OH is 2. The van der Waals surface area contributed by atoms with Crippen LogP contribution in [0.2, 0.25) is 0 Å². The Morgan fingerprint density at radius 1 is 1.22 bits per heavy atom. The molecule has 196 valence electrons. The van der Waals surface area contributed by atoms with Gasteiger partial charge in [-0.3, -0.25) is 9.36 Å².